The van der Waals surface area contributed by atoms with Crippen molar-refractivity contribution in [1.29, 1.82) is 0 Å². The Morgan fingerprint density at radius 3 is 2.78 bits per heavy atom. The molecule has 2 aromatic rings. The predicted molar refractivity (Wildman–Crippen MR) is 85.6 cm³/mol. The normalized spacial score (nSPS) is 22.7. The number of nitrogens with one attached hydrogen (secondary N) is 1. The van der Waals surface area contributed by atoms with Gasteiger partial charge in [-0.3, -0.25) is 4.79 Å². The standard InChI is InChI=1S/C16H22N6O/c1-11(18-14-10-6-5-9-13(14)15(17)23)16-19-20-21-22(16)12-7-3-2-4-8-12/h2-4,7-8,11,13-14,18H,5-6,9-10H2,1H3,(H2,17,23)/t11-,13+,14+/m0/s1. The highest BCUT2D eigenvalue weighted by atomic mass is 16.1. The molecule has 3 rings (SSSR count). The van der Waals surface area contributed by atoms with Gasteiger partial charge in [0.15, 0.2) is 5.82 Å². The maximum absolute atomic E-state index is 11.7. The summed E-state index contributed by atoms with van der Waals surface area (Å²) in [6.45, 7) is 2.01. The van der Waals surface area contributed by atoms with Crippen molar-refractivity contribution >= 4 is 5.91 Å². The number of carbonyl (C=O) groups excluding carboxylic acids is 1. The number of nitrogens with zero attached hydrogens (tertiary/aromatic N) is 4. The number of benzene rings is 1. The summed E-state index contributed by atoms with van der Waals surface area (Å²) in [5, 5.41) is 15.5. The number of carbonyl (C=O) groups is 1. The number of para-hydroxylation sites is 1. The van der Waals surface area contributed by atoms with Gasteiger partial charge in [0.05, 0.1) is 17.6 Å². The van der Waals surface area contributed by atoms with E-state index in [0.29, 0.717) is 0 Å². The summed E-state index contributed by atoms with van der Waals surface area (Å²) in [5.74, 6) is 0.384. The minimum Gasteiger partial charge on any atom is -0.369 e. The average Bonchev–Trinajstić information content (AvgIpc) is 3.05. The third kappa shape index (κ3) is 3.39. The van der Waals surface area contributed by atoms with Gasteiger partial charge in [0.25, 0.3) is 0 Å². The Labute approximate surface area is 135 Å². The molecule has 0 spiro atoms. The molecule has 3 atom stereocenters. The van der Waals surface area contributed by atoms with Crippen molar-refractivity contribution in [2.75, 3.05) is 0 Å². The number of hydrogen-bond donors (Lipinski definition) is 2. The van der Waals surface area contributed by atoms with E-state index in [4.69, 9.17) is 5.73 Å². The van der Waals surface area contributed by atoms with Crippen LogP contribution in [0.4, 0.5) is 0 Å². The van der Waals surface area contributed by atoms with Crippen molar-refractivity contribution in [1.82, 2.24) is 25.5 Å². The fourth-order valence-electron chi connectivity index (χ4n) is 3.28. The van der Waals surface area contributed by atoms with E-state index >= 15 is 0 Å². The summed E-state index contributed by atoms with van der Waals surface area (Å²) >= 11 is 0. The first-order valence-corrected chi connectivity index (χ1v) is 8.06. The van der Waals surface area contributed by atoms with Gasteiger partial charge < -0.3 is 11.1 Å². The molecule has 3 N–H and O–H groups in total. The van der Waals surface area contributed by atoms with E-state index in [1.54, 1.807) is 4.68 Å². The van der Waals surface area contributed by atoms with Gasteiger partial charge in [-0.2, -0.15) is 4.68 Å². The Balaban J connectivity index is 1.77. The molecule has 1 amide bonds. The molecular weight excluding hydrogens is 292 g/mol. The number of rotatable bonds is 5. The monoisotopic (exact) mass is 314 g/mol. The zero-order chi connectivity index (χ0) is 16.2. The van der Waals surface area contributed by atoms with Crippen LogP contribution in [0.15, 0.2) is 30.3 Å². The molecule has 0 saturated heterocycles. The Hall–Kier alpha value is -2.28. The van der Waals surface area contributed by atoms with Gasteiger partial charge in [0, 0.05) is 6.04 Å². The molecule has 122 valence electrons. The number of aromatic nitrogens is 4. The second kappa shape index (κ2) is 6.87. The first-order valence-electron chi connectivity index (χ1n) is 8.06. The topological polar surface area (TPSA) is 98.7 Å². The molecule has 0 radical (unpaired) electrons. The summed E-state index contributed by atoms with van der Waals surface area (Å²) < 4.78 is 1.72. The van der Waals surface area contributed by atoms with Crippen LogP contribution in [0.5, 0.6) is 0 Å². The number of primary amides is 1. The second-order valence-electron chi connectivity index (χ2n) is 6.07. The summed E-state index contributed by atoms with van der Waals surface area (Å²) in [6, 6.07) is 9.77. The maximum Gasteiger partial charge on any atom is 0.222 e. The van der Waals surface area contributed by atoms with E-state index in [1.807, 2.05) is 37.3 Å². The van der Waals surface area contributed by atoms with Crippen LogP contribution in [0.3, 0.4) is 0 Å². The minimum absolute atomic E-state index is 0.0739. The van der Waals surface area contributed by atoms with E-state index in [-0.39, 0.29) is 23.9 Å². The Morgan fingerprint density at radius 1 is 1.30 bits per heavy atom. The van der Waals surface area contributed by atoms with Crippen molar-refractivity contribution in [3.8, 4) is 5.69 Å². The third-order valence-corrected chi connectivity index (χ3v) is 4.48. The van der Waals surface area contributed by atoms with Crippen LogP contribution in [0.25, 0.3) is 5.69 Å². The zero-order valence-corrected chi connectivity index (χ0v) is 13.2. The summed E-state index contributed by atoms with van der Waals surface area (Å²) in [4.78, 5) is 11.7. The molecule has 0 bridgehead atoms. The minimum atomic E-state index is -0.225. The largest absolute Gasteiger partial charge is 0.369 e. The van der Waals surface area contributed by atoms with Crippen molar-refractivity contribution in [2.45, 2.75) is 44.7 Å². The van der Waals surface area contributed by atoms with Crippen molar-refractivity contribution in [3.63, 3.8) is 0 Å². The fraction of sp³-hybridized carbons (Fsp3) is 0.500. The predicted octanol–water partition coefficient (Wildman–Crippen LogP) is 1.36. The molecule has 1 aliphatic carbocycles. The van der Waals surface area contributed by atoms with Crippen LogP contribution >= 0.6 is 0 Å². The lowest BCUT2D eigenvalue weighted by atomic mass is 9.83. The molecular formula is C16H22N6O. The van der Waals surface area contributed by atoms with Gasteiger partial charge >= 0.3 is 0 Å². The van der Waals surface area contributed by atoms with E-state index in [2.05, 4.69) is 20.8 Å². The molecule has 7 heteroatoms. The maximum atomic E-state index is 11.7. The number of tetrazole rings is 1. The zero-order valence-electron chi connectivity index (χ0n) is 13.2. The van der Waals surface area contributed by atoms with Crippen LogP contribution in [-0.4, -0.2) is 32.2 Å². The summed E-state index contributed by atoms with van der Waals surface area (Å²) in [6.07, 6.45) is 3.97. The lowest BCUT2D eigenvalue weighted by Crippen LogP contribution is -2.45. The van der Waals surface area contributed by atoms with E-state index in [0.717, 1.165) is 37.2 Å². The van der Waals surface area contributed by atoms with Crippen LogP contribution in [0, 0.1) is 5.92 Å². The number of amides is 1. The first kappa shape index (κ1) is 15.6. The van der Waals surface area contributed by atoms with Crippen LogP contribution in [-0.2, 0) is 4.79 Å². The van der Waals surface area contributed by atoms with Crippen molar-refractivity contribution < 1.29 is 4.79 Å². The van der Waals surface area contributed by atoms with Crippen LogP contribution in [0.1, 0.15) is 44.5 Å². The van der Waals surface area contributed by atoms with Gasteiger partial charge in [0.1, 0.15) is 0 Å². The SMILES string of the molecule is C[C@H](N[C@@H]1CCCC[C@H]1C(N)=O)c1nnnn1-c1ccccc1. The van der Waals surface area contributed by atoms with Gasteiger partial charge in [-0.1, -0.05) is 31.0 Å². The molecule has 0 aliphatic heterocycles. The van der Waals surface area contributed by atoms with Gasteiger partial charge in [-0.15, -0.1) is 5.10 Å². The molecule has 0 unspecified atom stereocenters. The number of nitrogens with two attached hydrogens (primary N) is 1. The molecule has 1 saturated carbocycles. The average molecular weight is 314 g/mol. The molecule has 1 fully saturated rings. The molecule has 1 heterocycles. The van der Waals surface area contributed by atoms with E-state index < -0.39 is 0 Å². The molecule has 1 aromatic heterocycles. The highest BCUT2D eigenvalue weighted by Crippen LogP contribution is 2.26. The lowest BCUT2D eigenvalue weighted by Gasteiger charge is -2.32. The van der Waals surface area contributed by atoms with Crippen molar-refractivity contribution in [3.05, 3.63) is 36.2 Å². The van der Waals surface area contributed by atoms with Gasteiger partial charge in [-0.05, 0) is 42.3 Å². The van der Waals surface area contributed by atoms with Crippen LogP contribution < -0.4 is 11.1 Å². The lowest BCUT2D eigenvalue weighted by molar-refractivity contribution is -0.123. The molecule has 1 aromatic carbocycles. The van der Waals surface area contributed by atoms with E-state index in [9.17, 15) is 4.79 Å². The molecule has 23 heavy (non-hydrogen) atoms. The van der Waals surface area contributed by atoms with Crippen molar-refractivity contribution in [2.24, 2.45) is 11.7 Å². The summed E-state index contributed by atoms with van der Waals surface area (Å²) in [7, 11) is 0. The fourth-order valence-corrected chi connectivity index (χ4v) is 3.28. The van der Waals surface area contributed by atoms with Crippen LogP contribution in [0.2, 0.25) is 0 Å². The molecule has 1 aliphatic rings. The number of hydrogen-bond acceptors (Lipinski definition) is 5. The quantitative estimate of drug-likeness (QED) is 0.868. The molecule has 7 nitrogen and oxygen atoms in total. The Morgan fingerprint density at radius 2 is 2.04 bits per heavy atom. The second-order valence-corrected chi connectivity index (χ2v) is 6.07. The summed E-state index contributed by atoms with van der Waals surface area (Å²) in [5.41, 5.74) is 6.46. The highest BCUT2D eigenvalue weighted by Gasteiger charge is 2.31. The van der Waals surface area contributed by atoms with Gasteiger partial charge in [0.2, 0.25) is 5.91 Å². The Bertz CT molecular complexity index is 656. The van der Waals surface area contributed by atoms with Gasteiger partial charge in [-0.25, -0.2) is 0 Å². The third-order valence-electron chi connectivity index (χ3n) is 4.48. The van der Waals surface area contributed by atoms with E-state index in [1.165, 1.54) is 0 Å². The highest BCUT2D eigenvalue weighted by molar-refractivity contribution is 5.77. The smallest absolute Gasteiger partial charge is 0.222 e. The first-order chi connectivity index (χ1) is 11.2. The Kier molecular flexibility index (Phi) is 4.66.